The van der Waals surface area contributed by atoms with Crippen LogP contribution >= 0.6 is 11.3 Å². The standard InChI is InChI=1S/C17H15NOS/c1-12-8-9-14(16(10-12)19-2)17-18-15(11-20-17)13-6-4-3-5-7-13/h3-11H,1-2H3. The van der Waals surface area contributed by atoms with Crippen LogP contribution in [0, 0.1) is 6.92 Å². The Morgan fingerprint density at radius 2 is 1.85 bits per heavy atom. The summed E-state index contributed by atoms with van der Waals surface area (Å²) in [6, 6.07) is 16.4. The predicted molar refractivity (Wildman–Crippen MR) is 84.3 cm³/mol. The topological polar surface area (TPSA) is 22.1 Å². The van der Waals surface area contributed by atoms with Crippen molar-refractivity contribution in [2.24, 2.45) is 0 Å². The molecule has 3 rings (SSSR count). The summed E-state index contributed by atoms with van der Waals surface area (Å²) in [4.78, 5) is 4.73. The van der Waals surface area contributed by atoms with Crippen LogP contribution in [0.25, 0.3) is 21.8 Å². The molecule has 0 spiro atoms. The van der Waals surface area contributed by atoms with E-state index in [0.29, 0.717) is 0 Å². The lowest BCUT2D eigenvalue weighted by atomic mass is 10.1. The van der Waals surface area contributed by atoms with E-state index in [1.54, 1.807) is 18.4 Å². The maximum absolute atomic E-state index is 5.46. The molecule has 20 heavy (non-hydrogen) atoms. The van der Waals surface area contributed by atoms with E-state index >= 15 is 0 Å². The molecular formula is C17H15NOS. The van der Waals surface area contributed by atoms with E-state index < -0.39 is 0 Å². The Morgan fingerprint density at radius 3 is 2.60 bits per heavy atom. The van der Waals surface area contributed by atoms with Crippen LogP contribution in [0.15, 0.2) is 53.9 Å². The quantitative estimate of drug-likeness (QED) is 0.688. The highest BCUT2D eigenvalue weighted by molar-refractivity contribution is 7.13. The minimum Gasteiger partial charge on any atom is -0.496 e. The maximum Gasteiger partial charge on any atom is 0.129 e. The molecule has 100 valence electrons. The third-order valence-corrected chi connectivity index (χ3v) is 4.04. The molecule has 0 aliphatic carbocycles. The summed E-state index contributed by atoms with van der Waals surface area (Å²) in [6.45, 7) is 2.06. The van der Waals surface area contributed by atoms with Crippen molar-refractivity contribution in [2.75, 3.05) is 7.11 Å². The molecule has 0 aliphatic rings. The molecule has 0 amide bonds. The van der Waals surface area contributed by atoms with E-state index in [1.807, 2.05) is 24.3 Å². The van der Waals surface area contributed by atoms with Gasteiger partial charge in [0.15, 0.2) is 0 Å². The summed E-state index contributed by atoms with van der Waals surface area (Å²) in [6.07, 6.45) is 0. The van der Waals surface area contributed by atoms with Crippen molar-refractivity contribution in [1.29, 1.82) is 0 Å². The smallest absolute Gasteiger partial charge is 0.129 e. The Morgan fingerprint density at radius 1 is 1.05 bits per heavy atom. The number of thiazole rings is 1. The minimum atomic E-state index is 0.874. The van der Waals surface area contributed by atoms with Gasteiger partial charge in [-0.3, -0.25) is 0 Å². The highest BCUT2D eigenvalue weighted by atomic mass is 32.1. The summed E-state index contributed by atoms with van der Waals surface area (Å²) in [5.74, 6) is 0.874. The van der Waals surface area contributed by atoms with Crippen molar-refractivity contribution < 1.29 is 4.74 Å². The van der Waals surface area contributed by atoms with Gasteiger partial charge in [0.2, 0.25) is 0 Å². The van der Waals surface area contributed by atoms with Gasteiger partial charge >= 0.3 is 0 Å². The van der Waals surface area contributed by atoms with Gasteiger partial charge in [-0.05, 0) is 24.6 Å². The van der Waals surface area contributed by atoms with Gasteiger partial charge < -0.3 is 4.74 Å². The summed E-state index contributed by atoms with van der Waals surface area (Å²) in [5.41, 5.74) is 4.38. The van der Waals surface area contributed by atoms with E-state index in [0.717, 1.165) is 27.6 Å². The van der Waals surface area contributed by atoms with Gasteiger partial charge in [0.05, 0.1) is 18.4 Å². The summed E-state index contributed by atoms with van der Waals surface area (Å²) >= 11 is 1.64. The molecule has 2 aromatic carbocycles. The van der Waals surface area contributed by atoms with Crippen LogP contribution in [0.1, 0.15) is 5.56 Å². The van der Waals surface area contributed by atoms with Crippen molar-refractivity contribution in [1.82, 2.24) is 4.98 Å². The highest BCUT2D eigenvalue weighted by Crippen LogP contribution is 2.35. The maximum atomic E-state index is 5.46. The van der Waals surface area contributed by atoms with Gasteiger partial charge in [0, 0.05) is 10.9 Å². The van der Waals surface area contributed by atoms with Crippen molar-refractivity contribution in [3.63, 3.8) is 0 Å². The molecule has 0 saturated carbocycles. The number of hydrogen-bond donors (Lipinski definition) is 0. The van der Waals surface area contributed by atoms with Gasteiger partial charge in [-0.15, -0.1) is 11.3 Å². The van der Waals surface area contributed by atoms with Crippen molar-refractivity contribution in [3.05, 3.63) is 59.5 Å². The first kappa shape index (κ1) is 12.9. The molecule has 1 aromatic heterocycles. The molecule has 0 fully saturated rings. The third-order valence-electron chi connectivity index (χ3n) is 3.16. The first-order valence-corrected chi connectivity index (χ1v) is 7.32. The number of nitrogens with zero attached hydrogens (tertiary/aromatic N) is 1. The molecule has 1 heterocycles. The lowest BCUT2D eigenvalue weighted by molar-refractivity contribution is 0.416. The number of aromatic nitrogens is 1. The van der Waals surface area contributed by atoms with Gasteiger partial charge in [0.1, 0.15) is 10.8 Å². The Hall–Kier alpha value is -2.13. The Labute approximate surface area is 122 Å². The van der Waals surface area contributed by atoms with Gasteiger partial charge in [-0.25, -0.2) is 4.98 Å². The molecular weight excluding hydrogens is 266 g/mol. The molecule has 0 N–H and O–H groups in total. The zero-order chi connectivity index (χ0) is 13.9. The molecule has 3 heteroatoms. The minimum absolute atomic E-state index is 0.874. The first-order valence-electron chi connectivity index (χ1n) is 6.44. The zero-order valence-corrected chi connectivity index (χ0v) is 12.3. The number of aryl methyl sites for hydroxylation is 1. The number of methoxy groups -OCH3 is 1. The van der Waals surface area contributed by atoms with E-state index in [-0.39, 0.29) is 0 Å². The fraction of sp³-hybridized carbons (Fsp3) is 0.118. The summed E-state index contributed by atoms with van der Waals surface area (Å²) in [5, 5.41) is 3.07. The molecule has 0 atom stereocenters. The normalized spacial score (nSPS) is 10.5. The van der Waals surface area contributed by atoms with E-state index in [1.165, 1.54) is 5.56 Å². The lowest BCUT2D eigenvalue weighted by Crippen LogP contribution is -1.88. The fourth-order valence-corrected chi connectivity index (χ4v) is 2.97. The highest BCUT2D eigenvalue weighted by Gasteiger charge is 2.11. The summed E-state index contributed by atoms with van der Waals surface area (Å²) < 4.78 is 5.46. The second-order valence-corrected chi connectivity index (χ2v) is 5.47. The second-order valence-electron chi connectivity index (χ2n) is 4.61. The number of benzene rings is 2. The molecule has 3 aromatic rings. The largest absolute Gasteiger partial charge is 0.496 e. The number of ether oxygens (including phenoxy) is 1. The van der Waals surface area contributed by atoms with E-state index in [2.05, 4.69) is 36.6 Å². The van der Waals surface area contributed by atoms with Crippen LogP contribution in [-0.2, 0) is 0 Å². The summed E-state index contributed by atoms with van der Waals surface area (Å²) in [7, 11) is 1.70. The first-order chi connectivity index (χ1) is 9.78. The fourth-order valence-electron chi connectivity index (χ4n) is 2.11. The average Bonchev–Trinajstić information content (AvgIpc) is 2.97. The second kappa shape index (κ2) is 5.47. The Bertz CT molecular complexity index is 719. The van der Waals surface area contributed by atoms with Gasteiger partial charge in [-0.2, -0.15) is 0 Å². The predicted octanol–water partition coefficient (Wildman–Crippen LogP) is 4.79. The zero-order valence-electron chi connectivity index (χ0n) is 11.5. The molecule has 0 bridgehead atoms. The molecule has 0 saturated heterocycles. The van der Waals surface area contributed by atoms with Crippen LogP contribution in [-0.4, -0.2) is 12.1 Å². The van der Waals surface area contributed by atoms with Crippen LogP contribution in [0.2, 0.25) is 0 Å². The van der Waals surface area contributed by atoms with Crippen LogP contribution in [0.5, 0.6) is 5.75 Å². The molecule has 0 radical (unpaired) electrons. The van der Waals surface area contributed by atoms with Gasteiger partial charge in [-0.1, -0.05) is 36.4 Å². The van der Waals surface area contributed by atoms with E-state index in [9.17, 15) is 0 Å². The SMILES string of the molecule is COc1cc(C)ccc1-c1nc(-c2ccccc2)cs1. The van der Waals surface area contributed by atoms with Crippen LogP contribution in [0.3, 0.4) is 0 Å². The van der Waals surface area contributed by atoms with Crippen LogP contribution in [0.4, 0.5) is 0 Å². The molecule has 0 aliphatic heterocycles. The third kappa shape index (κ3) is 2.45. The van der Waals surface area contributed by atoms with E-state index in [4.69, 9.17) is 9.72 Å². The Kier molecular flexibility index (Phi) is 3.52. The molecule has 2 nitrogen and oxygen atoms in total. The van der Waals surface area contributed by atoms with Crippen molar-refractivity contribution in [3.8, 4) is 27.6 Å². The number of rotatable bonds is 3. The number of hydrogen-bond acceptors (Lipinski definition) is 3. The Balaban J connectivity index is 2.02. The van der Waals surface area contributed by atoms with Gasteiger partial charge in [0.25, 0.3) is 0 Å². The molecule has 0 unspecified atom stereocenters. The van der Waals surface area contributed by atoms with Crippen molar-refractivity contribution >= 4 is 11.3 Å². The lowest BCUT2D eigenvalue weighted by Gasteiger charge is -2.06. The average molecular weight is 281 g/mol. The van der Waals surface area contributed by atoms with Crippen molar-refractivity contribution in [2.45, 2.75) is 6.92 Å². The van der Waals surface area contributed by atoms with Crippen LogP contribution < -0.4 is 4.74 Å². The monoisotopic (exact) mass is 281 g/mol.